The first-order chi connectivity index (χ1) is 17.3. The van der Waals surface area contributed by atoms with Crippen LogP contribution in [0.1, 0.15) is 32.4 Å². The number of rotatable bonds is 3. The van der Waals surface area contributed by atoms with Crippen molar-refractivity contribution < 1.29 is 33.2 Å². The van der Waals surface area contributed by atoms with Crippen LogP contribution in [0.2, 0.25) is 0 Å². The maximum atomic E-state index is 14.9. The fourth-order valence-corrected chi connectivity index (χ4v) is 5.48. The summed E-state index contributed by atoms with van der Waals surface area (Å²) >= 11 is 0. The lowest BCUT2D eigenvalue weighted by Gasteiger charge is -2.27. The van der Waals surface area contributed by atoms with Crippen molar-refractivity contribution in [1.29, 1.82) is 0 Å². The molecule has 0 saturated carbocycles. The summed E-state index contributed by atoms with van der Waals surface area (Å²) in [7, 11) is 0. The van der Waals surface area contributed by atoms with Crippen molar-refractivity contribution >= 4 is 34.8 Å². The molecule has 3 aliphatic rings. The molecule has 0 unspecified atom stereocenters. The average Bonchev–Trinajstić information content (AvgIpc) is 3.44. The number of benzene rings is 3. The Balaban J connectivity index is 1.53. The number of nitro benzene ring substituents is 1. The lowest BCUT2D eigenvalue weighted by molar-refractivity contribution is -0.384. The number of hydrogen-bond acceptors (Lipinski definition) is 7. The van der Waals surface area contributed by atoms with Gasteiger partial charge in [-0.15, -0.1) is 0 Å². The van der Waals surface area contributed by atoms with Gasteiger partial charge >= 0.3 is 0 Å². The first-order valence-corrected chi connectivity index (χ1v) is 11.0. The minimum absolute atomic E-state index is 0.0304. The number of imide groups is 1. The van der Waals surface area contributed by atoms with E-state index in [1.54, 1.807) is 12.1 Å². The maximum absolute atomic E-state index is 14.9. The van der Waals surface area contributed by atoms with Crippen LogP contribution < -0.4 is 4.90 Å². The second-order valence-electron chi connectivity index (χ2n) is 8.79. The summed E-state index contributed by atoms with van der Waals surface area (Å²) in [6, 6.07) is 16.2. The molecule has 0 bridgehead atoms. The number of non-ortho nitro benzene ring substituents is 1. The highest BCUT2D eigenvalue weighted by Gasteiger charge is 2.75. The molecule has 2 aliphatic heterocycles. The lowest BCUT2D eigenvalue weighted by Crippen LogP contribution is -2.51. The predicted molar refractivity (Wildman–Crippen MR) is 121 cm³/mol. The third kappa shape index (κ3) is 2.67. The Morgan fingerprint density at radius 2 is 1.42 bits per heavy atom. The molecule has 1 aliphatic carbocycles. The van der Waals surface area contributed by atoms with Crippen molar-refractivity contribution in [2.75, 3.05) is 4.90 Å². The fraction of sp³-hybridized carbons (Fsp3) is 0.154. The highest BCUT2D eigenvalue weighted by atomic mass is 19.1. The van der Waals surface area contributed by atoms with Gasteiger partial charge in [0, 0.05) is 28.8 Å². The third-order valence-corrected chi connectivity index (χ3v) is 7.05. The van der Waals surface area contributed by atoms with Crippen molar-refractivity contribution in [2.45, 2.75) is 11.7 Å². The normalized spacial score (nSPS) is 23.9. The van der Waals surface area contributed by atoms with Crippen LogP contribution in [0.3, 0.4) is 0 Å². The number of Topliss-reactive ketones (excluding diaryl/α,β-unsaturated/α-hetero) is 2. The smallest absolute Gasteiger partial charge is 0.269 e. The van der Waals surface area contributed by atoms with Crippen LogP contribution in [0.5, 0.6) is 0 Å². The second kappa shape index (κ2) is 7.46. The van der Waals surface area contributed by atoms with Crippen LogP contribution in [0.15, 0.2) is 72.8 Å². The molecule has 178 valence electrons. The predicted octanol–water partition coefficient (Wildman–Crippen LogP) is 3.43. The highest BCUT2D eigenvalue weighted by molar-refractivity contribution is 6.37. The molecule has 9 nitrogen and oxygen atoms in total. The number of nitro groups is 1. The second-order valence-corrected chi connectivity index (χ2v) is 8.79. The molecular formula is C26H15FN2O7. The van der Waals surface area contributed by atoms with E-state index < -0.39 is 57.7 Å². The maximum Gasteiger partial charge on any atom is 0.269 e. The number of hydrogen-bond donors (Lipinski definition) is 0. The van der Waals surface area contributed by atoms with E-state index in [2.05, 4.69) is 0 Å². The molecule has 1 spiro atoms. The summed E-state index contributed by atoms with van der Waals surface area (Å²) in [6.07, 6.45) is -1.39. The van der Waals surface area contributed by atoms with Gasteiger partial charge in [0.2, 0.25) is 29.0 Å². The van der Waals surface area contributed by atoms with E-state index in [-0.39, 0.29) is 28.1 Å². The number of carbonyl (C=O) groups excluding carboxylic acids is 4. The van der Waals surface area contributed by atoms with Crippen LogP contribution in [0.4, 0.5) is 15.8 Å². The van der Waals surface area contributed by atoms with Crippen molar-refractivity contribution in [3.8, 4) is 0 Å². The SMILES string of the molecule is O=C1[C@H]2[C@@H](c3ccccc3F)OC3(C(=O)c4ccccc4C3=O)[C@@H]2C(=O)N1c1ccc([N+](=O)[O-])cc1. The average molecular weight is 486 g/mol. The molecule has 0 aromatic heterocycles. The number of carbonyl (C=O) groups is 4. The van der Waals surface area contributed by atoms with Crippen molar-refractivity contribution in [3.05, 3.63) is 105 Å². The fourth-order valence-electron chi connectivity index (χ4n) is 5.48. The number of amides is 2. The first-order valence-electron chi connectivity index (χ1n) is 11.0. The Morgan fingerprint density at radius 3 is 2.00 bits per heavy atom. The van der Waals surface area contributed by atoms with Crippen LogP contribution in [-0.4, -0.2) is 33.9 Å². The zero-order valence-electron chi connectivity index (χ0n) is 18.3. The topological polar surface area (TPSA) is 124 Å². The minimum Gasteiger partial charge on any atom is -0.349 e. The van der Waals surface area contributed by atoms with Gasteiger partial charge in [0.1, 0.15) is 5.82 Å². The summed E-state index contributed by atoms with van der Waals surface area (Å²) in [6.45, 7) is 0. The van der Waals surface area contributed by atoms with Gasteiger partial charge in [-0.1, -0.05) is 42.5 Å². The number of halogens is 1. The van der Waals surface area contributed by atoms with Crippen LogP contribution >= 0.6 is 0 Å². The Morgan fingerprint density at radius 1 is 0.833 bits per heavy atom. The van der Waals surface area contributed by atoms with Gasteiger partial charge in [-0.05, 0) is 18.2 Å². The van der Waals surface area contributed by atoms with Gasteiger partial charge in [-0.2, -0.15) is 0 Å². The minimum atomic E-state index is -2.33. The molecule has 0 N–H and O–H groups in total. The molecule has 0 radical (unpaired) electrons. The number of anilines is 1. The zero-order valence-corrected chi connectivity index (χ0v) is 18.3. The monoisotopic (exact) mass is 486 g/mol. The van der Waals surface area contributed by atoms with E-state index in [4.69, 9.17) is 4.74 Å². The van der Waals surface area contributed by atoms with E-state index >= 15 is 0 Å². The van der Waals surface area contributed by atoms with Gasteiger partial charge in [-0.3, -0.25) is 29.3 Å². The molecule has 2 fully saturated rings. The van der Waals surface area contributed by atoms with Crippen LogP contribution in [0, 0.1) is 27.8 Å². The van der Waals surface area contributed by atoms with Gasteiger partial charge in [0.05, 0.1) is 28.6 Å². The van der Waals surface area contributed by atoms with Crippen molar-refractivity contribution in [3.63, 3.8) is 0 Å². The first kappa shape index (κ1) is 21.9. The van der Waals surface area contributed by atoms with Gasteiger partial charge < -0.3 is 4.74 Å². The molecule has 36 heavy (non-hydrogen) atoms. The molecule has 3 aromatic rings. The lowest BCUT2D eigenvalue weighted by atomic mass is 9.77. The van der Waals surface area contributed by atoms with Gasteiger partial charge in [-0.25, -0.2) is 9.29 Å². The molecule has 10 heteroatoms. The summed E-state index contributed by atoms with van der Waals surface area (Å²) in [5, 5.41) is 11.0. The van der Waals surface area contributed by atoms with Crippen LogP contribution in [0.25, 0.3) is 0 Å². The Hall–Kier alpha value is -4.57. The highest BCUT2D eigenvalue weighted by Crippen LogP contribution is 2.58. The van der Waals surface area contributed by atoms with Gasteiger partial charge in [0.25, 0.3) is 5.69 Å². The van der Waals surface area contributed by atoms with E-state index in [0.717, 1.165) is 23.1 Å². The van der Waals surface area contributed by atoms with Gasteiger partial charge in [0.15, 0.2) is 0 Å². The summed E-state index contributed by atoms with van der Waals surface area (Å²) in [5.74, 6) is -6.81. The molecule has 2 saturated heterocycles. The van der Waals surface area contributed by atoms with E-state index in [1.807, 2.05) is 0 Å². The molecule has 6 rings (SSSR count). The van der Waals surface area contributed by atoms with Crippen molar-refractivity contribution in [2.24, 2.45) is 11.8 Å². The molecular weight excluding hydrogens is 471 g/mol. The largest absolute Gasteiger partial charge is 0.349 e. The zero-order chi connectivity index (χ0) is 25.4. The third-order valence-electron chi connectivity index (χ3n) is 7.05. The molecule has 3 aromatic carbocycles. The van der Waals surface area contributed by atoms with Crippen molar-refractivity contribution in [1.82, 2.24) is 0 Å². The Kier molecular flexibility index (Phi) is 4.55. The number of ether oxygens (including phenoxy) is 1. The van der Waals surface area contributed by atoms with E-state index in [9.17, 15) is 33.7 Å². The standard InChI is InChI=1S/C26H15FN2O7/c27-18-8-4-3-7-17(18)21-19-20(26(36-21)22(30)15-5-1-2-6-16(15)23(26)31)25(33)28(24(19)32)13-9-11-14(12-10-13)29(34)35/h1-12,19-21H/t19-,20+,21-/m1/s1. The summed E-state index contributed by atoms with van der Waals surface area (Å²) < 4.78 is 20.9. The van der Waals surface area contributed by atoms with Crippen LogP contribution in [-0.2, 0) is 14.3 Å². The number of fused-ring (bicyclic) bond motifs is 3. The summed E-state index contributed by atoms with van der Waals surface area (Å²) in [5.41, 5.74) is -2.49. The van der Waals surface area contributed by atoms with E-state index in [1.165, 1.54) is 42.5 Å². The molecule has 2 amide bonds. The molecule has 2 heterocycles. The Bertz CT molecular complexity index is 1480. The molecule has 3 atom stereocenters. The quantitative estimate of drug-likeness (QED) is 0.240. The van der Waals surface area contributed by atoms with E-state index in [0.29, 0.717) is 0 Å². The Labute approximate surface area is 202 Å². The summed E-state index contributed by atoms with van der Waals surface area (Å²) in [4.78, 5) is 66.0. The number of ketones is 2. The number of nitrogens with zero attached hydrogens (tertiary/aromatic N) is 2.